The predicted octanol–water partition coefficient (Wildman–Crippen LogP) is 6.55. The maximum absolute atomic E-state index is 11.6. The molecule has 2 aliphatic rings. The summed E-state index contributed by atoms with van der Waals surface area (Å²) in [5.74, 6) is -3.76. The number of allylic oxidation sites excluding steroid dienone is 4. The largest absolute Gasteiger partial charge is 3.00 e. The van der Waals surface area contributed by atoms with Gasteiger partial charge in [-0.15, -0.1) is 0 Å². The molecule has 0 unspecified atom stereocenters. The van der Waals surface area contributed by atoms with E-state index < -0.39 is 23.9 Å². The zero-order valence-electron chi connectivity index (χ0n) is 27.6. The number of hydrogen-bond acceptors (Lipinski definition) is 6. The van der Waals surface area contributed by atoms with Crippen LogP contribution in [0.25, 0.3) is 44.4 Å². The van der Waals surface area contributed by atoms with Crippen molar-refractivity contribution >= 4 is 68.2 Å². The van der Waals surface area contributed by atoms with Crippen LogP contribution < -0.4 is 0 Å². The number of carboxylic acids is 4. The Hall–Kier alpha value is -4.90. The van der Waals surface area contributed by atoms with Crippen LogP contribution >= 0.6 is 0 Å². The van der Waals surface area contributed by atoms with E-state index in [-0.39, 0.29) is 70.8 Å². The van der Waals surface area contributed by atoms with Crippen molar-refractivity contribution in [1.29, 1.82) is 0 Å². The Morgan fingerprint density at radius 1 is 0.510 bits per heavy atom. The number of aryl methyl sites for hydroxylation is 4. The summed E-state index contributed by atoms with van der Waals surface area (Å²) in [6.07, 6.45) is 0.582. The second kappa shape index (κ2) is 15.1. The molecule has 0 amide bonds. The van der Waals surface area contributed by atoms with Gasteiger partial charge in [0.1, 0.15) is 0 Å². The number of carboxylic acid groups (broad SMARTS) is 4. The number of hydrogen-bond donors (Lipinski definition) is 6. The molecule has 1 radical (unpaired) electrons. The summed E-state index contributed by atoms with van der Waals surface area (Å²) in [5.41, 5.74) is 11.4. The minimum absolute atomic E-state index is 0. The van der Waals surface area contributed by atoms with Gasteiger partial charge in [-0.2, -0.15) is 0 Å². The minimum Gasteiger partial charge on any atom is -0.481 e. The van der Waals surface area contributed by atoms with Crippen LogP contribution in [0.4, 0.5) is 0 Å². The maximum Gasteiger partial charge on any atom is 3.00 e. The average molecular weight is 756 g/mol. The van der Waals surface area contributed by atoms with E-state index in [1.807, 2.05) is 52.0 Å². The Morgan fingerprint density at radius 3 is 1.20 bits per heavy atom. The third-order valence-electron chi connectivity index (χ3n) is 9.16. The van der Waals surface area contributed by atoms with E-state index in [4.69, 9.17) is 9.97 Å². The van der Waals surface area contributed by atoms with Crippen LogP contribution in [0, 0.1) is 13.8 Å². The van der Waals surface area contributed by atoms with Crippen LogP contribution in [0.5, 0.6) is 0 Å². The number of aromatic amines is 2. The Morgan fingerprint density at radius 2 is 0.857 bits per heavy atom. The van der Waals surface area contributed by atoms with Gasteiger partial charge in [-0.3, -0.25) is 19.2 Å². The molecular weight excluding hydrogens is 717 g/mol. The number of nitrogens with one attached hydrogen (secondary N) is 2. The second-order valence-corrected chi connectivity index (χ2v) is 12.2. The van der Waals surface area contributed by atoms with Gasteiger partial charge in [-0.05, 0) is 122 Å². The predicted molar refractivity (Wildman–Crippen MR) is 181 cm³/mol. The van der Waals surface area contributed by atoms with Crippen LogP contribution in [-0.2, 0) is 51.5 Å². The Labute approximate surface area is 294 Å². The van der Waals surface area contributed by atoms with Crippen molar-refractivity contribution in [3.05, 3.63) is 69.3 Å². The molecule has 0 aliphatic carbocycles. The summed E-state index contributed by atoms with van der Waals surface area (Å²) in [6.45, 7) is 7.56. The summed E-state index contributed by atoms with van der Waals surface area (Å²) in [4.78, 5) is 63.1. The van der Waals surface area contributed by atoms with Gasteiger partial charge in [0, 0.05) is 47.8 Å². The number of fused-ring (bicyclic) bond motifs is 8. The number of rotatable bonds is 12. The van der Waals surface area contributed by atoms with E-state index in [2.05, 4.69) is 9.97 Å². The van der Waals surface area contributed by atoms with Crippen LogP contribution in [0.15, 0.2) is 24.3 Å². The van der Waals surface area contributed by atoms with E-state index in [0.717, 1.165) is 55.6 Å². The Balaban J connectivity index is 0.00000541. The summed E-state index contributed by atoms with van der Waals surface area (Å²) >= 11 is 0. The van der Waals surface area contributed by atoms with Crippen molar-refractivity contribution in [2.24, 2.45) is 0 Å². The summed E-state index contributed by atoms with van der Waals surface area (Å²) in [6, 6.07) is 7.40. The standard InChI is InChI=1S/C36H38N4O8.Ru/c1-17-21(5-9-33(41)42)29-15-30-23(7-11-35(45)46)19(3)27(39-30)14-28-20(4)24(8-12-36(47)48)32(40-28)16-31-22(6-10-34(43)44)18(2)26(38-31)13-25(17)37-29;/h13-16,37-38H,5-12H2,1-4H3,(H,41,42)(H,43,44)(H,45,46)(H,47,48);/q;+3. The molecule has 12 nitrogen and oxygen atoms in total. The van der Waals surface area contributed by atoms with E-state index in [0.29, 0.717) is 33.8 Å². The maximum atomic E-state index is 11.6. The summed E-state index contributed by atoms with van der Waals surface area (Å²) in [5, 5.41) is 38.0. The van der Waals surface area contributed by atoms with Crippen molar-refractivity contribution in [3.8, 4) is 0 Å². The first kappa shape index (κ1) is 36.9. The molecule has 13 heteroatoms. The fraction of sp³-hybridized carbons (Fsp3) is 0.333. The van der Waals surface area contributed by atoms with Gasteiger partial charge in [-0.1, -0.05) is 0 Å². The van der Waals surface area contributed by atoms with Crippen molar-refractivity contribution < 1.29 is 59.1 Å². The monoisotopic (exact) mass is 756 g/mol. The van der Waals surface area contributed by atoms with Crippen molar-refractivity contribution in [2.45, 2.75) is 79.1 Å². The molecule has 2 aliphatic heterocycles. The molecule has 49 heavy (non-hydrogen) atoms. The molecule has 5 rings (SSSR count). The summed E-state index contributed by atoms with van der Waals surface area (Å²) in [7, 11) is 0. The molecule has 0 atom stereocenters. The number of aromatic nitrogens is 4. The molecular formula is C36H38N4O8Ru+3. The Bertz CT molecular complexity index is 1960. The molecule has 6 N–H and O–H groups in total. The zero-order chi connectivity index (χ0) is 34.9. The average Bonchev–Trinajstić information content (AvgIpc) is 3.66. The topological polar surface area (TPSA) is 207 Å². The van der Waals surface area contributed by atoms with Crippen LogP contribution in [0.3, 0.4) is 0 Å². The fourth-order valence-electron chi connectivity index (χ4n) is 6.42. The molecule has 3 aromatic rings. The molecule has 5 heterocycles. The van der Waals surface area contributed by atoms with E-state index >= 15 is 0 Å². The van der Waals surface area contributed by atoms with Gasteiger partial charge in [0.25, 0.3) is 0 Å². The Kier molecular flexibility index (Phi) is 11.4. The smallest absolute Gasteiger partial charge is 0.481 e. The summed E-state index contributed by atoms with van der Waals surface area (Å²) < 4.78 is 0. The number of aliphatic carboxylic acids is 4. The van der Waals surface area contributed by atoms with Crippen molar-refractivity contribution in [3.63, 3.8) is 0 Å². The third kappa shape index (κ3) is 8.05. The van der Waals surface area contributed by atoms with E-state index in [9.17, 15) is 39.6 Å². The normalized spacial score (nSPS) is 12.7. The molecule has 3 aromatic heterocycles. The fourth-order valence-corrected chi connectivity index (χ4v) is 6.42. The first-order valence-electron chi connectivity index (χ1n) is 15.7. The van der Waals surface area contributed by atoms with Crippen LogP contribution in [0.1, 0.15) is 97.4 Å². The molecule has 0 saturated carbocycles. The van der Waals surface area contributed by atoms with E-state index in [1.54, 1.807) is 0 Å². The first-order chi connectivity index (χ1) is 22.7. The van der Waals surface area contributed by atoms with E-state index in [1.165, 1.54) is 0 Å². The van der Waals surface area contributed by atoms with Gasteiger partial charge in [0.05, 0.1) is 22.8 Å². The van der Waals surface area contributed by atoms with Crippen molar-refractivity contribution in [1.82, 2.24) is 19.9 Å². The van der Waals surface area contributed by atoms with Gasteiger partial charge >= 0.3 is 43.4 Å². The third-order valence-corrected chi connectivity index (χ3v) is 9.16. The molecule has 0 aromatic carbocycles. The molecule has 8 bridgehead atoms. The first-order valence-corrected chi connectivity index (χ1v) is 15.7. The number of carbonyl (C=O) groups is 4. The van der Waals surface area contributed by atoms with Crippen LogP contribution in [-0.4, -0.2) is 64.2 Å². The molecule has 255 valence electrons. The molecule has 0 fully saturated rings. The minimum atomic E-state index is -0.944. The molecule has 0 saturated heterocycles. The van der Waals surface area contributed by atoms with Gasteiger partial charge in [-0.25, -0.2) is 9.97 Å². The van der Waals surface area contributed by atoms with Gasteiger partial charge in [0.2, 0.25) is 0 Å². The quantitative estimate of drug-likeness (QED) is 0.110. The number of nitrogens with zero attached hydrogens (tertiary/aromatic N) is 2. The van der Waals surface area contributed by atoms with Crippen molar-refractivity contribution in [2.75, 3.05) is 0 Å². The number of H-pyrrole nitrogens is 2. The van der Waals surface area contributed by atoms with Gasteiger partial charge in [0.15, 0.2) is 0 Å². The second-order valence-electron chi connectivity index (χ2n) is 12.2. The van der Waals surface area contributed by atoms with Crippen LogP contribution in [0.2, 0.25) is 0 Å². The van der Waals surface area contributed by atoms with Gasteiger partial charge < -0.3 is 30.4 Å². The zero-order valence-corrected chi connectivity index (χ0v) is 29.4. The SMILES string of the molecule is CC1=C(CCC(=O)O)c2cc3[nH]c(cc4[nH]c(cc5nc(cc1n2)C(C)=C5CCC(=O)O)c(CCC(=O)O)c4C)c(C)c3CCC(=O)O.[Ru+3]. The molecule has 0 spiro atoms.